The molecule has 0 aliphatic heterocycles. The molecule has 0 radical (unpaired) electrons. The van der Waals surface area contributed by atoms with Gasteiger partial charge in [0.05, 0.1) is 45.1 Å². The van der Waals surface area contributed by atoms with Crippen LogP contribution in [0.15, 0.2) is 76.4 Å². The van der Waals surface area contributed by atoms with Crippen molar-refractivity contribution in [1.82, 2.24) is 9.66 Å². The van der Waals surface area contributed by atoms with Crippen molar-refractivity contribution in [2.24, 2.45) is 10.1 Å². The van der Waals surface area contributed by atoms with E-state index in [1.54, 1.807) is 38.4 Å². The van der Waals surface area contributed by atoms with Crippen molar-refractivity contribution in [3.63, 3.8) is 0 Å². The Morgan fingerprint density at radius 1 is 0.971 bits per heavy atom. The van der Waals surface area contributed by atoms with Gasteiger partial charge in [-0.1, -0.05) is 12.1 Å². The van der Waals surface area contributed by atoms with E-state index in [-0.39, 0.29) is 0 Å². The lowest BCUT2D eigenvalue weighted by Crippen LogP contribution is -2.12. The molecule has 2 heterocycles. The van der Waals surface area contributed by atoms with E-state index in [1.807, 2.05) is 62.1 Å². The Balaban J connectivity index is 1.85. The molecule has 2 aromatic heterocycles. The van der Waals surface area contributed by atoms with Gasteiger partial charge in [-0.25, -0.2) is 9.67 Å². The zero-order chi connectivity index (χ0) is 24.8. The molecule has 0 N–H and O–H groups in total. The predicted molar refractivity (Wildman–Crippen MR) is 141 cm³/mol. The van der Waals surface area contributed by atoms with Crippen molar-refractivity contribution in [3.8, 4) is 28.5 Å². The minimum atomic E-state index is 0.533. The zero-order valence-electron chi connectivity index (χ0n) is 20.3. The van der Waals surface area contributed by atoms with Crippen LogP contribution in [0.25, 0.3) is 11.3 Å². The Morgan fingerprint density at radius 3 is 2.26 bits per heavy atom. The number of rotatable bonds is 8. The maximum atomic E-state index is 5.56. The Hall–Kier alpha value is -4.11. The summed E-state index contributed by atoms with van der Waals surface area (Å²) in [5, 5.41) is 6.80. The zero-order valence-corrected chi connectivity index (χ0v) is 21.1. The van der Waals surface area contributed by atoms with Crippen molar-refractivity contribution in [3.05, 3.63) is 76.7 Å². The summed E-state index contributed by atoms with van der Waals surface area (Å²) in [6.45, 7) is 0. The number of pyridine rings is 1. The fourth-order valence-corrected chi connectivity index (χ4v) is 4.29. The molecule has 4 aromatic rings. The molecular weight excluding hydrogens is 462 g/mol. The van der Waals surface area contributed by atoms with Crippen molar-refractivity contribution in [1.29, 1.82) is 0 Å². The summed E-state index contributed by atoms with van der Waals surface area (Å²) in [7, 11) is 8.81. The van der Waals surface area contributed by atoms with Crippen molar-refractivity contribution >= 4 is 28.9 Å². The smallest absolute Gasteiger partial charge is 0.211 e. The molecular formula is C26H27N5O3S. The average molecular weight is 490 g/mol. The minimum Gasteiger partial charge on any atom is -0.493 e. The molecule has 180 valence electrons. The Kier molecular flexibility index (Phi) is 7.47. The van der Waals surface area contributed by atoms with E-state index in [0.717, 1.165) is 28.2 Å². The second-order valence-electron chi connectivity index (χ2n) is 7.68. The number of ether oxygens (including phenoxy) is 3. The van der Waals surface area contributed by atoms with Gasteiger partial charge in [0, 0.05) is 36.9 Å². The highest BCUT2D eigenvalue weighted by Gasteiger charge is 2.17. The van der Waals surface area contributed by atoms with E-state index in [2.05, 4.69) is 22.0 Å². The first kappa shape index (κ1) is 24.0. The van der Waals surface area contributed by atoms with Gasteiger partial charge < -0.3 is 19.1 Å². The highest BCUT2D eigenvalue weighted by molar-refractivity contribution is 7.07. The number of benzene rings is 2. The molecule has 0 atom stereocenters. The Labute approximate surface area is 208 Å². The largest absolute Gasteiger partial charge is 0.493 e. The van der Waals surface area contributed by atoms with Gasteiger partial charge in [0.1, 0.15) is 0 Å². The third kappa shape index (κ3) is 5.36. The monoisotopic (exact) mass is 489 g/mol. The molecule has 0 saturated heterocycles. The number of thiazole rings is 1. The summed E-state index contributed by atoms with van der Waals surface area (Å²) in [5.74, 6) is 1.66. The van der Waals surface area contributed by atoms with Gasteiger partial charge in [-0.3, -0.25) is 4.98 Å². The van der Waals surface area contributed by atoms with E-state index in [9.17, 15) is 0 Å². The number of methoxy groups -OCH3 is 3. The molecule has 8 nitrogen and oxygen atoms in total. The van der Waals surface area contributed by atoms with E-state index >= 15 is 0 Å². The molecule has 0 spiro atoms. The maximum absolute atomic E-state index is 5.56. The van der Waals surface area contributed by atoms with Crippen LogP contribution in [-0.4, -0.2) is 51.3 Å². The van der Waals surface area contributed by atoms with Gasteiger partial charge in [0.15, 0.2) is 11.5 Å². The second kappa shape index (κ2) is 10.9. The summed E-state index contributed by atoms with van der Waals surface area (Å²) >= 11 is 1.48. The van der Waals surface area contributed by atoms with E-state index in [4.69, 9.17) is 24.3 Å². The average Bonchev–Trinajstić information content (AvgIpc) is 3.29. The predicted octanol–water partition coefficient (Wildman–Crippen LogP) is 4.82. The highest BCUT2D eigenvalue weighted by atomic mass is 32.1. The summed E-state index contributed by atoms with van der Waals surface area (Å²) in [4.78, 5) is 11.7. The van der Waals surface area contributed by atoms with Crippen molar-refractivity contribution in [2.75, 3.05) is 40.3 Å². The van der Waals surface area contributed by atoms with Crippen LogP contribution >= 0.6 is 11.3 Å². The van der Waals surface area contributed by atoms with Crippen LogP contribution in [0.2, 0.25) is 0 Å². The van der Waals surface area contributed by atoms with Crippen LogP contribution in [0.1, 0.15) is 5.56 Å². The summed E-state index contributed by atoms with van der Waals surface area (Å²) in [5.41, 5.74) is 4.51. The molecule has 4 rings (SSSR count). The molecule has 0 aliphatic rings. The Morgan fingerprint density at radius 2 is 1.69 bits per heavy atom. The Bertz CT molecular complexity index is 1350. The summed E-state index contributed by atoms with van der Waals surface area (Å²) in [6, 6.07) is 15.7. The normalized spacial score (nSPS) is 11.6. The first-order valence-corrected chi connectivity index (χ1v) is 11.7. The highest BCUT2D eigenvalue weighted by Crippen LogP contribution is 2.41. The van der Waals surface area contributed by atoms with Gasteiger partial charge in [0.25, 0.3) is 0 Å². The van der Waals surface area contributed by atoms with Gasteiger partial charge in [-0.05, 0) is 42.0 Å². The molecule has 9 heteroatoms. The fraction of sp³-hybridized carbons (Fsp3) is 0.192. The lowest BCUT2D eigenvalue weighted by Gasteiger charge is -2.14. The van der Waals surface area contributed by atoms with Crippen LogP contribution in [0.4, 0.5) is 11.4 Å². The SMILES string of the molecule is COc1cc(-c2csc(=Nc3cccnc3)n2N=Cc2ccc(N(C)C)cc2)cc(OC)c1OC. The standard InChI is InChI=1S/C26H27N5O3S/c1-30(2)21-10-8-18(9-11-21)15-28-31-22(17-35-26(31)29-20-7-6-12-27-16-20)19-13-23(32-3)25(34-5)24(14-19)33-4/h6-17H,1-5H3. The van der Waals surface area contributed by atoms with Gasteiger partial charge in [-0.15, -0.1) is 11.3 Å². The molecule has 0 aliphatic carbocycles. The summed E-state index contributed by atoms with van der Waals surface area (Å²) < 4.78 is 18.4. The van der Waals surface area contributed by atoms with E-state index in [0.29, 0.717) is 22.0 Å². The quantitative estimate of drug-likeness (QED) is 0.332. The number of aromatic nitrogens is 2. The molecule has 0 amide bonds. The van der Waals surface area contributed by atoms with Crippen LogP contribution in [-0.2, 0) is 0 Å². The molecule has 2 aromatic carbocycles. The van der Waals surface area contributed by atoms with Crippen LogP contribution in [0, 0.1) is 0 Å². The number of hydrogen-bond acceptors (Lipinski definition) is 8. The molecule has 35 heavy (non-hydrogen) atoms. The number of anilines is 1. The van der Waals surface area contributed by atoms with Crippen LogP contribution < -0.4 is 23.9 Å². The third-order valence-electron chi connectivity index (χ3n) is 5.25. The first-order chi connectivity index (χ1) is 17.0. The second-order valence-corrected chi connectivity index (χ2v) is 8.52. The minimum absolute atomic E-state index is 0.533. The fourth-order valence-electron chi connectivity index (χ4n) is 3.43. The van der Waals surface area contributed by atoms with Gasteiger partial charge in [-0.2, -0.15) is 5.10 Å². The topological polar surface area (TPSA) is 73.5 Å². The van der Waals surface area contributed by atoms with E-state index in [1.165, 1.54) is 11.3 Å². The van der Waals surface area contributed by atoms with Crippen LogP contribution in [0.3, 0.4) is 0 Å². The maximum Gasteiger partial charge on any atom is 0.211 e. The van der Waals surface area contributed by atoms with Gasteiger partial charge >= 0.3 is 0 Å². The first-order valence-electron chi connectivity index (χ1n) is 10.8. The lowest BCUT2D eigenvalue weighted by atomic mass is 10.1. The molecule has 0 unspecified atom stereocenters. The van der Waals surface area contributed by atoms with E-state index < -0.39 is 0 Å². The lowest BCUT2D eigenvalue weighted by molar-refractivity contribution is 0.324. The van der Waals surface area contributed by atoms with Crippen LogP contribution in [0.5, 0.6) is 17.2 Å². The summed E-state index contributed by atoms with van der Waals surface area (Å²) in [6.07, 6.45) is 5.25. The van der Waals surface area contributed by atoms with Gasteiger partial charge in [0.2, 0.25) is 10.6 Å². The molecule has 0 bridgehead atoms. The third-order valence-corrected chi connectivity index (χ3v) is 6.06. The van der Waals surface area contributed by atoms with Crippen molar-refractivity contribution < 1.29 is 14.2 Å². The van der Waals surface area contributed by atoms with Crippen molar-refractivity contribution in [2.45, 2.75) is 0 Å². The number of nitrogens with zero attached hydrogens (tertiary/aromatic N) is 5. The molecule has 0 fully saturated rings. The number of hydrogen-bond donors (Lipinski definition) is 0. The molecule has 0 saturated carbocycles.